The van der Waals surface area contributed by atoms with Crippen LogP contribution in [0.3, 0.4) is 0 Å². The van der Waals surface area contributed by atoms with Gasteiger partial charge in [0.15, 0.2) is 8.32 Å². The fourth-order valence-corrected chi connectivity index (χ4v) is 2.88. The molecule has 0 fully saturated rings. The fraction of sp³-hybridized carbons (Fsp3) is 0.846. The third kappa shape index (κ3) is 7.06. The molecule has 17 heavy (non-hydrogen) atoms. The largest absolute Gasteiger partial charge is 0.550 e. The third-order valence-corrected chi connectivity index (χ3v) is 8.47. The Bertz CT molecular complexity index is 260. The summed E-state index contributed by atoms with van der Waals surface area (Å²) in [5.74, 6) is 0. The van der Waals surface area contributed by atoms with Crippen LogP contribution < -0.4 is 0 Å². The standard InChI is InChI=1S/C13H30O2Si2/c1-12(10-11-14-16(5,6)7)15-17(8,9)13(2,3)4/h10-12H,1-9H3. The SMILES string of the molecule is CC(C=CO[Si](C)(C)C)O[Si](C)(C)C(C)(C)C. The summed E-state index contributed by atoms with van der Waals surface area (Å²) in [4.78, 5) is 0. The zero-order valence-corrected chi connectivity index (χ0v) is 15.0. The van der Waals surface area contributed by atoms with Crippen molar-refractivity contribution in [3.8, 4) is 0 Å². The minimum atomic E-state index is -1.66. The number of hydrogen-bond donors (Lipinski definition) is 0. The Hall–Kier alpha value is -0.0662. The molecule has 1 atom stereocenters. The molecule has 0 saturated heterocycles. The molecule has 0 amide bonds. The monoisotopic (exact) mass is 274 g/mol. The van der Waals surface area contributed by atoms with E-state index >= 15 is 0 Å². The van der Waals surface area contributed by atoms with Gasteiger partial charge in [-0.15, -0.1) is 0 Å². The van der Waals surface area contributed by atoms with E-state index in [2.05, 4.69) is 60.4 Å². The molecular formula is C13H30O2Si2. The normalized spacial score (nSPS) is 16.3. The van der Waals surface area contributed by atoms with E-state index in [0.717, 1.165) is 0 Å². The molecule has 102 valence electrons. The lowest BCUT2D eigenvalue weighted by molar-refractivity contribution is 0.240. The van der Waals surface area contributed by atoms with Crippen LogP contribution >= 0.6 is 0 Å². The number of rotatable bonds is 5. The summed E-state index contributed by atoms with van der Waals surface area (Å²) in [6.07, 6.45) is 3.98. The highest BCUT2D eigenvalue weighted by Crippen LogP contribution is 2.37. The predicted octanol–water partition coefficient (Wildman–Crippen LogP) is 4.76. The van der Waals surface area contributed by atoms with Crippen molar-refractivity contribution in [1.29, 1.82) is 0 Å². The highest BCUT2D eigenvalue weighted by atomic mass is 28.4. The van der Waals surface area contributed by atoms with Gasteiger partial charge >= 0.3 is 0 Å². The van der Waals surface area contributed by atoms with Crippen LogP contribution in [0.15, 0.2) is 12.3 Å². The van der Waals surface area contributed by atoms with Crippen molar-refractivity contribution in [3.05, 3.63) is 12.3 Å². The molecule has 0 radical (unpaired) electrons. The minimum Gasteiger partial charge on any atom is -0.550 e. The average Bonchev–Trinajstić information content (AvgIpc) is 1.97. The molecule has 0 saturated carbocycles. The van der Waals surface area contributed by atoms with Gasteiger partial charge in [-0.05, 0) is 50.8 Å². The van der Waals surface area contributed by atoms with Gasteiger partial charge in [0.05, 0.1) is 12.4 Å². The lowest BCUT2D eigenvalue weighted by Gasteiger charge is -2.37. The van der Waals surface area contributed by atoms with Crippen molar-refractivity contribution >= 4 is 16.6 Å². The summed E-state index contributed by atoms with van der Waals surface area (Å²) in [5, 5.41) is 0.259. The summed E-state index contributed by atoms with van der Waals surface area (Å²) in [5.41, 5.74) is 0. The van der Waals surface area contributed by atoms with E-state index in [1.807, 2.05) is 12.3 Å². The van der Waals surface area contributed by atoms with Gasteiger partial charge in [-0.25, -0.2) is 0 Å². The van der Waals surface area contributed by atoms with Gasteiger partial charge in [-0.3, -0.25) is 0 Å². The van der Waals surface area contributed by atoms with E-state index in [9.17, 15) is 0 Å². The van der Waals surface area contributed by atoms with Crippen LogP contribution in [0.1, 0.15) is 27.7 Å². The van der Waals surface area contributed by atoms with Gasteiger partial charge in [-0.1, -0.05) is 20.8 Å². The summed E-state index contributed by atoms with van der Waals surface area (Å²) in [7, 11) is -3.11. The van der Waals surface area contributed by atoms with Gasteiger partial charge in [0.25, 0.3) is 0 Å². The van der Waals surface area contributed by atoms with Crippen LogP contribution in [0.4, 0.5) is 0 Å². The second-order valence-corrected chi connectivity index (χ2v) is 16.4. The molecule has 0 aliphatic heterocycles. The maximum absolute atomic E-state index is 6.20. The molecular weight excluding hydrogens is 244 g/mol. The first-order chi connectivity index (χ1) is 7.35. The molecule has 0 aliphatic rings. The van der Waals surface area contributed by atoms with Crippen molar-refractivity contribution in [1.82, 2.24) is 0 Å². The first kappa shape index (κ1) is 16.9. The highest BCUT2D eigenvalue weighted by molar-refractivity contribution is 6.74. The van der Waals surface area contributed by atoms with Crippen molar-refractivity contribution in [2.24, 2.45) is 0 Å². The first-order valence-electron chi connectivity index (χ1n) is 6.37. The Morgan fingerprint density at radius 1 is 1.00 bits per heavy atom. The van der Waals surface area contributed by atoms with E-state index in [1.54, 1.807) is 0 Å². The molecule has 4 heteroatoms. The van der Waals surface area contributed by atoms with Crippen molar-refractivity contribution in [2.75, 3.05) is 0 Å². The van der Waals surface area contributed by atoms with E-state index in [-0.39, 0.29) is 11.1 Å². The van der Waals surface area contributed by atoms with Crippen molar-refractivity contribution < 1.29 is 8.85 Å². The minimum absolute atomic E-state index is 0.132. The Labute approximate surface area is 110 Å². The van der Waals surface area contributed by atoms with Gasteiger partial charge in [0.2, 0.25) is 8.32 Å². The summed E-state index contributed by atoms with van der Waals surface area (Å²) >= 11 is 0. The lowest BCUT2D eigenvalue weighted by atomic mass is 10.2. The summed E-state index contributed by atoms with van der Waals surface area (Å²) in [6.45, 7) is 19.9. The van der Waals surface area contributed by atoms with E-state index < -0.39 is 16.6 Å². The molecule has 0 rings (SSSR count). The smallest absolute Gasteiger partial charge is 0.241 e. The van der Waals surface area contributed by atoms with Crippen LogP contribution in [0, 0.1) is 0 Å². The second-order valence-electron chi connectivity index (χ2n) is 7.14. The van der Waals surface area contributed by atoms with Crippen molar-refractivity contribution in [2.45, 2.75) is 71.6 Å². The van der Waals surface area contributed by atoms with Crippen LogP contribution in [0.2, 0.25) is 37.8 Å². The summed E-state index contributed by atoms with van der Waals surface area (Å²) in [6, 6.07) is 0. The van der Waals surface area contributed by atoms with Crippen LogP contribution in [-0.2, 0) is 8.85 Å². The van der Waals surface area contributed by atoms with Gasteiger partial charge in [0, 0.05) is 0 Å². The molecule has 0 aromatic rings. The van der Waals surface area contributed by atoms with Crippen LogP contribution in [0.5, 0.6) is 0 Å². The summed E-state index contributed by atoms with van der Waals surface area (Å²) < 4.78 is 11.9. The zero-order chi connectivity index (χ0) is 13.9. The molecule has 0 spiro atoms. The Balaban J connectivity index is 4.33. The Morgan fingerprint density at radius 2 is 1.47 bits per heavy atom. The molecule has 1 unspecified atom stereocenters. The molecule has 0 N–H and O–H groups in total. The Morgan fingerprint density at radius 3 is 1.82 bits per heavy atom. The molecule has 0 aromatic carbocycles. The first-order valence-corrected chi connectivity index (χ1v) is 12.7. The zero-order valence-electron chi connectivity index (χ0n) is 13.0. The lowest BCUT2D eigenvalue weighted by Crippen LogP contribution is -2.42. The second kappa shape index (κ2) is 5.72. The third-order valence-electron chi connectivity index (χ3n) is 3.06. The Kier molecular flexibility index (Phi) is 5.69. The maximum Gasteiger partial charge on any atom is 0.241 e. The molecule has 2 nitrogen and oxygen atoms in total. The van der Waals surface area contributed by atoms with Gasteiger partial charge in [-0.2, -0.15) is 0 Å². The molecule has 0 aromatic heterocycles. The molecule has 0 heterocycles. The average molecular weight is 275 g/mol. The van der Waals surface area contributed by atoms with Crippen molar-refractivity contribution in [3.63, 3.8) is 0 Å². The van der Waals surface area contributed by atoms with Gasteiger partial charge in [0.1, 0.15) is 0 Å². The predicted molar refractivity (Wildman–Crippen MR) is 81.3 cm³/mol. The topological polar surface area (TPSA) is 18.5 Å². The van der Waals surface area contributed by atoms with Gasteiger partial charge < -0.3 is 8.85 Å². The van der Waals surface area contributed by atoms with E-state index in [4.69, 9.17) is 8.85 Å². The van der Waals surface area contributed by atoms with E-state index in [0.29, 0.717) is 0 Å². The van der Waals surface area contributed by atoms with Crippen LogP contribution in [0.25, 0.3) is 0 Å². The van der Waals surface area contributed by atoms with E-state index in [1.165, 1.54) is 0 Å². The molecule has 0 aliphatic carbocycles. The quantitative estimate of drug-likeness (QED) is 0.531. The van der Waals surface area contributed by atoms with Crippen LogP contribution in [-0.4, -0.2) is 22.7 Å². The maximum atomic E-state index is 6.20. The molecule has 0 bridgehead atoms. The highest BCUT2D eigenvalue weighted by Gasteiger charge is 2.38. The number of hydrogen-bond acceptors (Lipinski definition) is 2. The fourth-order valence-electron chi connectivity index (χ4n) is 1.03.